The molecule has 1 fully saturated rings. The Hall–Kier alpha value is -2.63. The van der Waals surface area contributed by atoms with Crippen molar-refractivity contribution in [1.29, 1.82) is 0 Å². The van der Waals surface area contributed by atoms with Gasteiger partial charge in [-0.3, -0.25) is 9.79 Å². The lowest BCUT2D eigenvalue weighted by atomic mass is 9.95. The van der Waals surface area contributed by atoms with Gasteiger partial charge >= 0.3 is 6.03 Å². The smallest absolute Gasteiger partial charge is 0.316 e. The summed E-state index contributed by atoms with van der Waals surface area (Å²) in [5.74, 6) is 0.608. The second-order valence-electron chi connectivity index (χ2n) is 7.08. The summed E-state index contributed by atoms with van der Waals surface area (Å²) in [4.78, 5) is 28.1. The van der Waals surface area contributed by atoms with Crippen LogP contribution in [0.4, 0.5) is 4.79 Å². The molecular weight excluding hydrogens is 352 g/mol. The molecule has 0 saturated heterocycles. The lowest BCUT2D eigenvalue weighted by Gasteiger charge is -2.15. The van der Waals surface area contributed by atoms with E-state index in [9.17, 15) is 9.59 Å². The fraction of sp³-hybridized carbons (Fsp3) is 0.500. The van der Waals surface area contributed by atoms with E-state index in [2.05, 4.69) is 15.6 Å². The Morgan fingerprint density at radius 2 is 1.86 bits per heavy atom. The first kappa shape index (κ1) is 23.4. The summed E-state index contributed by atoms with van der Waals surface area (Å²) >= 11 is 0. The van der Waals surface area contributed by atoms with Gasteiger partial charge in [0.25, 0.3) is 0 Å². The summed E-state index contributed by atoms with van der Waals surface area (Å²) in [6, 6.07) is -0.602. The molecule has 0 aliphatic heterocycles. The van der Waals surface area contributed by atoms with Crippen LogP contribution in [0.5, 0.6) is 0 Å². The number of nitrogens with zero attached hydrogens (tertiary/aromatic N) is 1. The van der Waals surface area contributed by atoms with Crippen molar-refractivity contribution in [3.05, 3.63) is 46.2 Å². The van der Waals surface area contributed by atoms with E-state index in [0.29, 0.717) is 23.6 Å². The third-order valence-corrected chi connectivity index (χ3v) is 4.80. The van der Waals surface area contributed by atoms with Crippen LogP contribution in [0.25, 0.3) is 0 Å². The van der Waals surface area contributed by atoms with Crippen molar-refractivity contribution in [1.82, 2.24) is 10.6 Å². The molecule has 1 aliphatic carbocycles. The molecule has 0 aromatic heterocycles. The van der Waals surface area contributed by atoms with Crippen molar-refractivity contribution in [2.45, 2.75) is 53.9 Å². The molecular formula is C22H34N4O2. The zero-order chi connectivity index (χ0) is 21.3. The number of amides is 3. The van der Waals surface area contributed by atoms with E-state index in [0.717, 1.165) is 29.0 Å². The van der Waals surface area contributed by atoms with Crippen LogP contribution in [0.2, 0.25) is 0 Å². The van der Waals surface area contributed by atoms with Gasteiger partial charge in [0, 0.05) is 24.9 Å². The number of primary amides is 1. The minimum atomic E-state index is -0.602. The molecule has 0 radical (unpaired) electrons. The molecule has 3 amide bonds. The van der Waals surface area contributed by atoms with Gasteiger partial charge in [0.1, 0.15) is 0 Å². The van der Waals surface area contributed by atoms with Crippen molar-refractivity contribution >= 4 is 17.6 Å². The second-order valence-corrected chi connectivity index (χ2v) is 7.08. The Bertz CT molecular complexity index is 750. The Balaban J connectivity index is 3.24. The molecule has 0 unspecified atom stereocenters. The number of rotatable bonds is 9. The summed E-state index contributed by atoms with van der Waals surface area (Å²) in [5, 5.41) is 5.65. The van der Waals surface area contributed by atoms with Crippen LogP contribution in [-0.2, 0) is 4.79 Å². The number of urea groups is 1. The molecule has 1 rings (SSSR count). The molecule has 6 nitrogen and oxygen atoms in total. The fourth-order valence-electron chi connectivity index (χ4n) is 2.90. The van der Waals surface area contributed by atoms with Crippen LogP contribution in [0, 0.1) is 5.92 Å². The first-order valence-corrected chi connectivity index (χ1v) is 9.78. The van der Waals surface area contributed by atoms with Gasteiger partial charge in [-0.15, -0.1) is 0 Å². The number of carbonyl (C=O) groups excluding carboxylic acids is 2. The predicted octanol–water partition coefficient (Wildman–Crippen LogP) is 3.77. The average Bonchev–Trinajstić information content (AvgIpc) is 3.46. The molecule has 4 N–H and O–H groups in total. The van der Waals surface area contributed by atoms with Crippen LogP contribution in [0.1, 0.15) is 53.9 Å². The lowest BCUT2D eigenvalue weighted by Crippen LogP contribution is -2.29. The number of nitrogens with two attached hydrogens (primary N) is 1. The van der Waals surface area contributed by atoms with Crippen LogP contribution in [0.3, 0.4) is 0 Å². The van der Waals surface area contributed by atoms with Gasteiger partial charge in [0.2, 0.25) is 5.91 Å². The lowest BCUT2D eigenvalue weighted by molar-refractivity contribution is -0.117. The molecule has 154 valence electrons. The third kappa shape index (κ3) is 7.18. The Morgan fingerprint density at radius 3 is 2.32 bits per heavy atom. The normalized spacial score (nSPS) is 17.2. The van der Waals surface area contributed by atoms with Gasteiger partial charge in [-0.05, 0) is 75.7 Å². The van der Waals surface area contributed by atoms with Crippen molar-refractivity contribution in [3.8, 4) is 0 Å². The van der Waals surface area contributed by atoms with Gasteiger partial charge in [0.15, 0.2) is 0 Å². The molecule has 6 heteroatoms. The molecule has 0 spiro atoms. The van der Waals surface area contributed by atoms with E-state index in [1.54, 1.807) is 14.0 Å². The average molecular weight is 387 g/mol. The highest BCUT2D eigenvalue weighted by molar-refractivity contribution is 6.15. The second kappa shape index (κ2) is 11.3. The molecule has 1 aliphatic rings. The van der Waals surface area contributed by atoms with E-state index >= 15 is 0 Å². The van der Waals surface area contributed by atoms with Crippen LogP contribution >= 0.6 is 0 Å². The minimum Gasteiger partial charge on any atom is -0.352 e. The zero-order valence-electron chi connectivity index (χ0n) is 18.0. The highest BCUT2D eigenvalue weighted by Gasteiger charge is 2.22. The summed E-state index contributed by atoms with van der Waals surface area (Å²) in [7, 11) is 1.72. The first-order chi connectivity index (χ1) is 13.2. The molecule has 0 atom stereocenters. The third-order valence-electron chi connectivity index (χ3n) is 4.80. The van der Waals surface area contributed by atoms with Crippen LogP contribution < -0.4 is 16.4 Å². The summed E-state index contributed by atoms with van der Waals surface area (Å²) in [6.45, 7) is 10.2. The number of hydrogen-bond acceptors (Lipinski definition) is 3. The molecule has 0 bridgehead atoms. The molecule has 28 heavy (non-hydrogen) atoms. The van der Waals surface area contributed by atoms with E-state index < -0.39 is 6.03 Å². The number of hydrogen-bond donors (Lipinski definition) is 3. The number of nitrogens with one attached hydrogen (secondary N) is 2. The quantitative estimate of drug-likeness (QED) is 0.319. The minimum absolute atomic E-state index is 0.0340. The van der Waals surface area contributed by atoms with Gasteiger partial charge in [-0.1, -0.05) is 19.1 Å². The summed E-state index contributed by atoms with van der Waals surface area (Å²) in [5.41, 5.74) is 10.0. The maximum Gasteiger partial charge on any atom is 0.316 e. The number of aliphatic imine (C=N–C) groups is 1. The standard InChI is InChI=1S/C22H34N4O2/c1-7-9-18(20(24-6)19(8-2)16(5)26-22(23)28)12-14(3)15(4)21(27)25-13-17-10-11-17/h7,9,12,17H,8,10-11,13H2,1-6H3,(H,25,27)(H3,23,26,28)/b9-7-,15-14+,18-12-,19-16+,24-20-. The zero-order valence-corrected chi connectivity index (χ0v) is 18.0. The Labute approximate surface area is 168 Å². The van der Waals surface area contributed by atoms with E-state index in [4.69, 9.17) is 5.73 Å². The molecule has 0 heterocycles. The number of allylic oxidation sites excluding steroid dienone is 7. The Kier molecular flexibility index (Phi) is 9.42. The van der Waals surface area contributed by atoms with Gasteiger partial charge < -0.3 is 16.4 Å². The summed E-state index contributed by atoms with van der Waals surface area (Å²) < 4.78 is 0. The van der Waals surface area contributed by atoms with Gasteiger partial charge in [-0.2, -0.15) is 0 Å². The molecule has 0 aromatic carbocycles. The van der Waals surface area contributed by atoms with Crippen molar-refractivity contribution < 1.29 is 9.59 Å². The highest BCUT2D eigenvalue weighted by atomic mass is 16.2. The van der Waals surface area contributed by atoms with Crippen molar-refractivity contribution in [2.75, 3.05) is 13.6 Å². The highest BCUT2D eigenvalue weighted by Crippen LogP contribution is 2.27. The maximum absolute atomic E-state index is 12.4. The van der Waals surface area contributed by atoms with E-state index in [-0.39, 0.29) is 5.91 Å². The number of carbonyl (C=O) groups is 2. The Morgan fingerprint density at radius 1 is 1.21 bits per heavy atom. The maximum atomic E-state index is 12.4. The van der Waals surface area contributed by atoms with Crippen molar-refractivity contribution in [2.24, 2.45) is 16.6 Å². The molecule has 1 saturated carbocycles. The largest absolute Gasteiger partial charge is 0.352 e. The topological polar surface area (TPSA) is 96.6 Å². The first-order valence-electron chi connectivity index (χ1n) is 9.78. The van der Waals surface area contributed by atoms with Gasteiger partial charge in [-0.25, -0.2) is 4.79 Å². The van der Waals surface area contributed by atoms with Crippen LogP contribution in [0.15, 0.2) is 51.2 Å². The predicted molar refractivity (Wildman–Crippen MR) is 116 cm³/mol. The van der Waals surface area contributed by atoms with Crippen LogP contribution in [-0.4, -0.2) is 31.2 Å². The fourth-order valence-corrected chi connectivity index (χ4v) is 2.90. The van der Waals surface area contributed by atoms with E-state index in [1.165, 1.54) is 12.8 Å². The summed E-state index contributed by atoms with van der Waals surface area (Å²) in [6.07, 6.45) is 8.92. The SMILES string of the molecule is C\C=C/C(=C/C(C)=C(\C)C(=O)NCC1CC1)C(=N/C)/C(CC)=C(\C)NC(N)=O. The van der Waals surface area contributed by atoms with E-state index in [1.807, 2.05) is 45.9 Å². The van der Waals surface area contributed by atoms with Crippen molar-refractivity contribution in [3.63, 3.8) is 0 Å². The molecule has 0 aromatic rings. The monoisotopic (exact) mass is 386 g/mol. The van der Waals surface area contributed by atoms with Gasteiger partial charge in [0.05, 0.1) is 5.71 Å².